The molecule has 0 aromatic heterocycles. The minimum atomic E-state index is -0.212. The monoisotopic (exact) mass is 174 g/mol. The molecule has 56 valence electrons. The van der Waals surface area contributed by atoms with Crippen LogP contribution in [0.3, 0.4) is 0 Å². The molecular weight excluding hydrogens is 160 g/mol. The number of hydrogen-bond acceptors (Lipinski definition) is 0. The maximum Gasteiger partial charge on any atom is 2.00 e. The minimum absolute atomic E-state index is 0. The van der Waals surface area contributed by atoms with E-state index in [4.69, 9.17) is 0 Å². The zero-order valence-electron chi connectivity index (χ0n) is 7.59. The molecule has 0 aliphatic carbocycles. The van der Waals surface area contributed by atoms with E-state index in [1.165, 1.54) is 5.19 Å². The molecule has 0 radical (unpaired) electrons. The van der Waals surface area contributed by atoms with Crippen LogP contribution >= 0.6 is 0 Å². The summed E-state index contributed by atoms with van der Waals surface area (Å²) in [5, 5.41) is 1.52. The molecule has 0 fully saturated rings. The van der Waals surface area contributed by atoms with Crippen LogP contribution in [0.4, 0.5) is 0 Å². The van der Waals surface area contributed by atoms with E-state index in [0.717, 1.165) is 0 Å². The first-order valence-corrected chi connectivity index (χ1v) is 5.66. The molecule has 0 aliphatic rings. The molecule has 2 heteroatoms. The molecule has 11 heavy (non-hydrogen) atoms. The van der Waals surface area contributed by atoms with Crippen molar-refractivity contribution in [1.82, 2.24) is 0 Å². The van der Waals surface area contributed by atoms with Gasteiger partial charge in [-0.1, -0.05) is 30.3 Å². The molecular formula is C9H14MgSi. The smallest absolute Gasteiger partial charge is 0.358 e. The fourth-order valence-corrected chi connectivity index (χ4v) is 1.63. The van der Waals surface area contributed by atoms with Gasteiger partial charge in [-0.05, 0) is 0 Å². The summed E-state index contributed by atoms with van der Waals surface area (Å²) in [6, 6.07) is 10.7. The third-order valence-corrected chi connectivity index (χ3v) is 2.84. The van der Waals surface area contributed by atoms with E-state index >= 15 is 0 Å². The van der Waals surface area contributed by atoms with Crippen molar-refractivity contribution in [3.63, 3.8) is 0 Å². The van der Waals surface area contributed by atoms with Gasteiger partial charge in [0.1, 0.15) is 0 Å². The second-order valence-corrected chi connectivity index (χ2v) is 4.94. The summed E-state index contributed by atoms with van der Waals surface area (Å²) >= 11 is 0. The van der Waals surface area contributed by atoms with Crippen molar-refractivity contribution in [2.45, 2.75) is 13.1 Å². The van der Waals surface area contributed by atoms with Crippen molar-refractivity contribution < 1.29 is 0 Å². The Kier molecular flexibility index (Phi) is 8.62. The van der Waals surface area contributed by atoms with Crippen LogP contribution in [-0.4, -0.2) is 31.8 Å². The Morgan fingerprint density at radius 1 is 1.00 bits per heavy atom. The zero-order valence-corrected chi connectivity index (χ0v) is 10.0. The van der Waals surface area contributed by atoms with Crippen molar-refractivity contribution >= 4 is 37.0 Å². The predicted molar refractivity (Wildman–Crippen MR) is 55.7 cm³/mol. The molecule has 1 aromatic carbocycles. The summed E-state index contributed by atoms with van der Waals surface area (Å²) < 4.78 is 0. The molecule has 0 amide bonds. The van der Waals surface area contributed by atoms with Gasteiger partial charge in [-0.25, -0.2) is 0 Å². The van der Waals surface area contributed by atoms with Gasteiger partial charge in [0.2, 0.25) is 0 Å². The summed E-state index contributed by atoms with van der Waals surface area (Å²) in [6.45, 7) is 4.61. The summed E-state index contributed by atoms with van der Waals surface area (Å²) in [4.78, 5) is 0. The number of hydrogen-bond donors (Lipinski definition) is 0. The van der Waals surface area contributed by atoms with Crippen LogP contribution in [0.25, 0.3) is 0 Å². The molecule has 0 saturated carbocycles. The Morgan fingerprint density at radius 2 is 1.45 bits per heavy atom. The van der Waals surface area contributed by atoms with Crippen molar-refractivity contribution in [2.24, 2.45) is 0 Å². The topological polar surface area (TPSA) is 0 Å². The maximum atomic E-state index is 2.31. The van der Waals surface area contributed by atoms with E-state index in [1.807, 2.05) is 0 Å². The summed E-state index contributed by atoms with van der Waals surface area (Å²) in [5.41, 5.74) is 0. The van der Waals surface area contributed by atoms with Crippen molar-refractivity contribution in [2.75, 3.05) is 0 Å². The van der Waals surface area contributed by atoms with E-state index in [-0.39, 0.29) is 39.3 Å². The average molecular weight is 175 g/mol. The van der Waals surface area contributed by atoms with Crippen LogP contribution in [0.2, 0.25) is 13.1 Å². The molecule has 0 saturated heterocycles. The maximum absolute atomic E-state index is 2.31. The van der Waals surface area contributed by atoms with Crippen molar-refractivity contribution in [3.05, 3.63) is 37.8 Å². The van der Waals surface area contributed by atoms with E-state index in [1.54, 1.807) is 0 Å². The van der Waals surface area contributed by atoms with Crippen LogP contribution in [0.15, 0.2) is 30.3 Å². The van der Waals surface area contributed by atoms with Gasteiger partial charge in [0.15, 0.2) is 0 Å². The average Bonchev–Trinajstić information content (AvgIpc) is 1.90. The second kappa shape index (κ2) is 6.89. The normalized spacial score (nSPS) is 7.45. The molecule has 0 nitrogen and oxygen atoms in total. The molecule has 0 aliphatic heterocycles. The first-order valence-electron chi connectivity index (χ1n) is 3.16. The van der Waals surface area contributed by atoms with Gasteiger partial charge in [0.05, 0.1) is 0 Å². The summed E-state index contributed by atoms with van der Waals surface area (Å²) in [6.07, 6.45) is 0. The predicted octanol–water partition coefficient (Wildman–Crippen LogP) is 1.72. The molecule has 0 heterocycles. The molecule has 0 bridgehead atoms. The third kappa shape index (κ3) is 4.61. The molecule has 0 spiro atoms. The Bertz CT molecular complexity index is 172. The van der Waals surface area contributed by atoms with Gasteiger partial charge in [-0.15, -0.1) is 0 Å². The Balaban J connectivity index is 0. The largest absolute Gasteiger partial charge is 2.00 e. The van der Waals surface area contributed by atoms with E-state index < -0.39 is 0 Å². The fraction of sp³-hybridized carbons (Fsp3) is 0.222. The van der Waals surface area contributed by atoms with Crippen molar-refractivity contribution in [3.8, 4) is 0 Å². The van der Waals surface area contributed by atoms with Gasteiger partial charge >= 0.3 is 23.1 Å². The van der Waals surface area contributed by atoms with Gasteiger partial charge < -0.3 is 7.43 Å². The standard InChI is InChI=1S/C8H11Si.CH3.Mg/c1-9(2)8-6-4-3-5-7-8;;/h3-7H,1-2H3;1H3;/q2*-1;+2. The molecule has 0 atom stereocenters. The summed E-state index contributed by atoms with van der Waals surface area (Å²) in [5.74, 6) is 0. The third-order valence-electron chi connectivity index (χ3n) is 1.35. The zero-order chi connectivity index (χ0) is 6.69. The van der Waals surface area contributed by atoms with Gasteiger partial charge in [0.25, 0.3) is 0 Å². The SMILES string of the molecule is C[Si-](C)c1ccccc1.[CH3-].[Mg+2]. The first-order chi connectivity index (χ1) is 4.30. The Hall–Kier alpha value is 0.203. The van der Waals surface area contributed by atoms with Crippen LogP contribution in [-0.2, 0) is 0 Å². The molecule has 1 aromatic rings. The minimum Gasteiger partial charge on any atom is -0.358 e. The fourth-order valence-electron chi connectivity index (χ4n) is 0.771. The van der Waals surface area contributed by atoms with E-state index in [2.05, 4.69) is 43.4 Å². The number of rotatable bonds is 1. The van der Waals surface area contributed by atoms with Crippen molar-refractivity contribution in [1.29, 1.82) is 0 Å². The molecule has 0 unspecified atom stereocenters. The van der Waals surface area contributed by atoms with Gasteiger partial charge in [-0.3, -0.25) is 8.80 Å². The number of benzene rings is 1. The van der Waals surface area contributed by atoms with Crippen LogP contribution < -0.4 is 5.19 Å². The Labute approximate surface area is 87.8 Å². The first kappa shape index (κ1) is 13.8. The second-order valence-electron chi connectivity index (χ2n) is 2.37. The van der Waals surface area contributed by atoms with E-state index in [0.29, 0.717) is 0 Å². The van der Waals surface area contributed by atoms with Gasteiger partial charge in [0, 0.05) is 0 Å². The summed E-state index contributed by atoms with van der Waals surface area (Å²) in [7, 11) is -0.212. The molecule has 1 rings (SSSR count). The van der Waals surface area contributed by atoms with Gasteiger partial charge in [-0.2, -0.15) is 18.3 Å². The van der Waals surface area contributed by atoms with Crippen LogP contribution in [0.1, 0.15) is 0 Å². The van der Waals surface area contributed by atoms with Crippen LogP contribution in [0.5, 0.6) is 0 Å². The molecule has 0 N–H and O–H groups in total. The quantitative estimate of drug-likeness (QED) is 0.449. The Morgan fingerprint density at radius 3 is 1.73 bits per heavy atom. The van der Waals surface area contributed by atoms with E-state index in [9.17, 15) is 0 Å². The van der Waals surface area contributed by atoms with Crippen LogP contribution in [0, 0.1) is 7.43 Å².